The largest absolute Gasteiger partial charge is 0.543 e. The van der Waals surface area contributed by atoms with Crippen LogP contribution in [0.4, 0.5) is 5.69 Å². The van der Waals surface area contributed by atoms with Crippen molar-refractivity contribution in [3.05, 3.63) is 42.0 Å². The first-order valence-corrected chi connectivity index (χ1v) is 10.1. The molecule has 0 N–H and O–H groups in total. The van der Waals surface area contributed by atoms with Gasteiger partial charge in [0.25, 0.3) is 0 Å². The van der Waals surface area contributed by atoms with Gasteiger partial charge < -0.3 is 8.99 Å². The smallest absolute Gasteiger partial charge is 0.242 e. The van der Waals surface area contributed by atoms with Gasteiger partial charge >= 0.3 is 0 Å². The van der Waals surface area contributed by atoms with Crippen LogP contribution < -0.4 is 4.43 Å². The third-order valence-corrected chi connectivity index (χ3v) is 3.50. The zero-order valence-corrected chi connectivity index (χ0v) is 13.7. The van der Waals surface area contributed by atoms with Gasteiger partial charge in [-0.2, -0.15) is 0 Å². The molecule has 0 aliphatic carbocycles. The number of hydrogen-bond donors (Lipinski definition) is 0. The highest BCUT2D eigenvalue weighted by molar-refractivity contribution is 6.70. The first-order valence-electron chi connectivity index (χ1n) is 6.66. The van der Waals surface area contributed by atoms with E-state index >= 15 is 0 Å². The summed E-state index contributed by atoms with van der Waals surface area (Å²) < 4.78 is 8.01. The number of aromatic nitrogens is 2. The molecule has 0 aliphatic rings. The minimum absolute atomic E-state index is 0.842. The summed E-state index contributed by atoms with van der Waals surface area (Å²) >= 11 is 0. The molecule has 20 heavy (non-hydrogen) atoms. The Bertz CT molecular complexity index is 626. The van der Waals surface area contributed by atoms with E-state index in [1.54, 1.807) is 12.5 Å². The highest BCUT2D eigenvalue weighted by Gasteiger charge is 2.18. The van der Waals surface area contributed by atoms with Crippen LogP contribution in [0.25, 0.3) is 0 Å². The van der Waals surface area contributed by atoms with E-state index in [1.165, 1.54) is 0 Å². The minimum atomic E-state index is -1.65. The van der Waals surface area contributed by atoms with Crippen molar-refractivity contribution in [2.45, 2.75) is 26.6 Å². The molecular weight excluding hydrogens is 266 g/mol. The topological polar surface area (TPSA) is 39.4 Å². The fourth-order valence-electron chi connectivity index (χ4n) is 1.84. The summed E-state index contributed by atoms with van der Waals surface area (Å²) in [6.45, 7) is 8.55. The highest BCUT2D eigenvalue weighted by atomic mass is 28.4. The Morgan fingerprint density at radius 3 is 2.65 bits per heavy atom. The lowest BCUT2D eigenvalue weighted by atomic mass is 10.2. The van der Waals surface area contributed by atoms with Crippen LogP contribution in [0.1, 0.15) is 11.3 Å². The highest BCUT2D eigenvalue weighted by Crippen LogP contribution is 2.32. The van der Waals surface area contributed by atoms with E-state index in [0.717, 1.165) is 22.7 Å². The number of para-hydroxylation sites is 1. The SMILES string of the molecule is Cc1cccc(O[Si](C)(C)C)c1/N=C/c1cn(C)cn1. The quantitative estimate of drug-likeness (QED) is 0.635. The Labute approximate surface area is 121 Å². The van der Waals surface area contributed by atoms with Crippen molar-refractivity contribution in [1.82, 2.24) is 9.55 Å². The summed E-state index contributed by atoms with van der Waals surface area (Å²) in [5, 5.41) is 0. The van der Waals surface area contributed by atoms with E-state index in [-0.39, 0.29) is 0 Å². The third kappa shape index (κ3) is 3.80. The maximum atomic E-state index is 6.11. The molecule has 0 spiro atoms. The predicted octanol–water partition coefficient (Wildman–Crippen LogP) is 3.69. The second-order valence-corrected chi connectivity index (χ2v) is 10.3. The Morgan fingerprint density at radius 2 is 2.05 bits per heavy atom. The number of rotatable bonds is 4. The maximum absolute atomic E-state index is 6.11. The molecule has 5 heteroatoms. The van der Waals surface area contributed by atoms with E-state index in [2.05, 4.69) is 29.6 Å². The van der Waals surface area contributed by atoms with Gasteiger partial charge in [0.2, 0.25) is 8.32 Å². The van der Waals surface area contributed by atoms with Gasteiger partial charge in [0.1, 0.15) is 11.4 Å². The molecule has 1 aromatic heterocycles. The third-order valence-electron chi connectivity index (χ3n) is 2.67. The predicted molar refractivity (Wildman–Crippen MR) is 85.6 cm³/mol. The average molecular weight is 287 g/mol. The Morgan fingerprint density at radius 1 is 1.30 bits per heavy atom. The standard InChI is InChI=1S/C15H21N3OSi/c1-12-7-6-8-14(19-20(3,4)5)15(12)16-9-13-10-18(2)11-17-13/h6-11H,1-5H3/b16-9+. The Hall–Kier alpha value is -1.88. The number of benzene rings is 1. The van der Waals surface area contributed by atoms with Gasteiger partial charge in [-0.15, -0.1) is 0 Å². The lowest BCUT2D eigenvalue weighted by Crippen LogP contribution is -2.29. The monoisotopic (exact) mass is 287 g/mol. The number of aliphatic imine (C=N–C) groups is 1. The van der Waals surface area contributed by atoms with E-state index in [0.29, 0.717) is 0 Å². The number of hydrogen-bond acceptors (Lipinski definition) is 3. The first kappa shape index (κ1) is 14.5. The fourth-order valence-corrected chi connectivity index (χ4v) is 2.66. The van der Waals surface area contributed by atoms with Crippen LogP contribution >= 0.6 is 0 Å². The molecule has 106 valence electrons. The summed E-state index contributed by atoms with van der Waals surface area (Å²) in [6.07, 6.45) is 5.47. The van der Waals surface area contributed by atoms with Crippen LogP contribution in [0, 0.1) is 6.92 Å². The zero-order valence-electron chi connectivity index (χ0n) is 12.7. The fraction of sp³-hybridized carbons (Fsp3) is 0.333. The molecule has 0 fully saturated rings. The summed E-state index contributed by atoms with van der Waals surface area (Å²) in [5.41, 5.74) is 2.84. The van der Waals surface area contributed by atoms with Crippen LogP contribution in [0.2, 0.25) is 19.6 Å². The molecule has 4 nitrogen and oxygen atoms in total. The number of aryl methyl sites for hydroxylation is 2. The van der Waals surface area contributed by atoms with Crippen LogP contribution in [0.3, 0.4) is 0 Å². The van der Waals surface area contributed by atoms with Crippen molar-refractivity contribution in [2.75, 3.05) is 0 Å². The van der Waals surface area contributed by atoms with E-state index < -0.39 is 8.32 Å². The molecule has 0 atom stereocenters. The lowest BCUT2D eigenvalue weighted by Gasteiger charge is -2.21. The summed E-state index contributed by atoms with van der Waals surface area (Å²) in [5.74, 6) is 0.858. The molecule has 0 amide bonds. The first-order chi connectivity index (χ1) is 9.35. The van der Waals surface area contributed by atoms with Gasteiger partial charge in [0.15, 0.2) is 0 Å². The molecule has 1 heterocycles. The van der Waals surface area contributed by atoms with Gasteiger partial charge in [0, 0.05) is 13.2 Å². The average Bonchev–Trinajstić information content (AvgIpc) is 2.72. The summed E-state index contributed by atoms with van der Waals surface area (Å²) in [4.78, 5) is 8.82. The molecule has 2 rings (SSSR count). The number of nitrogens with zero attached hydrogens (tertiary/aromatic N) is 3. The molecule has 0 saturated heterocycles. The molecule has 0 saturated carbocycles. The Balaban J connectivity index is 2.32. The van der Waals surface area contributed by atoms with Crippen LogP contribution in [-0.4, -0.2) is 24.1 Å². The molecule has 0 radical (unpaired) electrons. The van der Waals surface area contributed by atoms with E-state index in [9.17, 15) is 0 Å². The van der Waals surface area contributed by atoms with Crippen molar-refractivity contribution < 1.29 is 4.43 Å². The van der Waals surface area contributed by atoms with E-state index in [1.807, 2.05) is 42.9 Å². The van der Waals surface area contributed by atoms with Crippen LogP contribution in [-0.2, 0) is 7.05 Å². The molecular formula is C15H21N3OSi. The molecule has 0 aliphatic heterocycles. The number of imidazole rings is 1. The summed E-state index contributed by atoms with van der Waals surface area (Å²) in [7, 11) is 0.292. The van der Waals surface area contributed by atoms with Crippen molar-refractivity contribution >= 4 is 20.2 Å². The van der Waals surface area contributed by atoms with Gasteiger partial charge in [-0.1, -0.05) is 12.1 Å². The molecule has 2 aromatic rings. The van der Waals surface area contributed by atoms with Crippen molar-refractivity contribution in [1.29, 1.82) is 0 Å². The van der Waals surface area contributed by atoms with Gasteiger partial charge in [0.05, 0.1) is 18.2 Å². The van der Waals surface area contributed by atoms with E-state index in [4.69, 9.17) is 4.43 Å². The van der Waals surface area contributed by atoms with Gasteiger partial charge in [-0.3, -0.25) is 4.99 Å². The van der Waals surface area contributed by atoms with Crippen LogP contribution in [0.15, 0.2) is 35.7 Å². The Kier molecular flexibility index (Phi) is 4.08. The van der Waals surface area contributed by atoms with Crippen molar-refractivity contribution in [2.24, 2.45) is 12.0 Å². The van der Waals surface area contributed by atoms with Gasteiger partial charge in [-0.05, 0) is 38.2 Å². The lowest BCUT2D eigenvalue weighted by molar-refractivity contribution is 0.558. The normalized spacial score (nSPS) is 12.1. The summed E-state index contributed by atoms with van der Waals surface area (Å²) in [6, 6.07) is 6.03. The maximum Gasteiger partial charge on any atom is 0.242 e. The van der Waals surface area contributed by atoms with Gasteiger partial charge in [-0.25, -0.2) is 4.98 Å². The second-order valence-electron chi connectivity index (χ2n) is 5.86. The second kappa shape index (κ2) is 5.62. The van der Waals surface area contributed by atoms with Crippen molar-refractivity contribution in [3.8, 4) is 5.75 Å². The zero-order chi connectivity index (χ0) is 14.8. The molecule has 0 unspecified atom stereocenters. The van der Waals surface area contributed by atoms with Crippen LogP contribution in [0.5, 0.6) is 5.75 Å². The molecule has 1 aromatic carbocycles. The van der Waals surface area contributed by atoms with Crippen molar-refractivity contribution in [3.63, 3.8) is 0 Å². The molecule has 0 bridgehead atoms. The minimum Gasteiger partial charge on any atom is -0.543 e.